The van der Waals surface area contributed by atoms with Crippen LogP contribution in [0.4, 0.5) is 0 Å². The van der Waals surface area contributed by atoms with Gasteiger partial charge in [0.15, 0.2) is 0 Å². The van der Waals surface area contributed by atoms with Gasteiger partial charge < -0.3 is 4.74 Å². The van der Waals surface area contributed by atoms with E-state index in [1.807, 2.05) is 0 Å². The molecule has 2 rings (SSSR count). The molecular weight excluding hydrogens is 256 g/mol. The van der Waals surface area contributed by atoms with E-state index in [9.17, 15) is 13.2 Å². The molecule has 1 aliphatic rings. The third-order valence-electron chi connectivity index (χ3n) is 2.92. The molecule has 1 aliphatic heterocycles. The first-order valence-corrected chi connectivity index (χ1v) is 7.01. The first-order chi connectivity index (χ1) is 8.57. The van der Waals surface area contributed by atoms with Crippen LogP contribution in [0.15, 0.2) is 29.4 Å². The third kappa shape index (κ3) is 2.23. The van der Waals surface area contributed by atoms with Crippen molar-refractivity contribution in [2.45, 2.75) is 23.8 Å². The molecule has 6 nitrogen and oxygen atoms in total. The number of carbonyl (C=O) groups excluding carboxylic acids is 1. The lowest BCUT2D eigenvalue weighted by Gasteiger charge is -2.21. The minimum Gasteiger partial charge on any atom is -0.468 e. The van der Waals surface area contributed by atoms with Gasteiger partial charge in [-0.15, -0.1) is 0 Å². The lowest BCUT2D eigenvalue weighted by Crippen LogP contribution is -2.41. The topological polar surface area (TPSA) is 76.6 Å². The predicted molar refractivity (Wildman–Crippen MR) is 63.2 cm³/mol. The summed E-state index contributed by atoms with van der Waals surface area (Å²) in [5.74, 6) is -0.514. The van der Waals surface area contributed by atoms with E-state index in [4.69, 9.17) is 0 Å². The number of methoxy groups -OCH3 is 1. The summed E-state index contributed by atoms with van der Waals surface area (Å²) in [6.07, 6.45) is 3.92. The van der Waals surface area contributed by atoms with Crippen LogP contribution in [0.25, 0.3) is 0 Å². The van der Waals surface area contributed by atoms with Crippen molar-refractivity contribution >= 4 is 16.0 Å². The SMILES string of the molecule is COC(=O)C1CCCN1S(=O)(=O)c1cccnc1. The van der Waals surface area contributed by atoms with Crippen molar-refractivity contribution in [3.05, 3.63) is 24.5 Å². The molecule has 0 amide bonds. The maximum absolute atomic E-state index is 12.3. The minimum atomic E-state index is -3.67. The number of pyridine rings is 1. The molecule has 0 spiro atoms. The second kappa shape index (κ2) is 5.03. The monoisotopic (exact) mass is 270 g/mol. The van der Waals surface area contributed by atoms with Crippen LogP contribution in [0, 0.1) is 0 Å². The number of hydrogen-bond donors (Lipinski definition) is 0. The van der Waals surface area contributed by atoms with Crippen molar-refractivity contribution in [3.63, 3.8) is 0 Å². The smallest absolute Gasteiger partial charge is 0.324 e. The molecule has 1 aromatic heterocycles. The minimum absolute atomic E-state index is 0.0980. The van der Waals surface area contributed by atoms with Gasteiger partial charge in [0.25, 0.3) is 0 Å². The molecule has 1 aromatic rings. The molecule has 18 heavy (non-hydrogen) atoms. The standard InChI is InChI=1S/C11H14N2O4S/c1-17-11(14)10-5-3-7-13(10)18(15,16)9-4-2-6-12-8-9/h2,4,6,8,10H,3,5,7H2,1H3. The first-order valence-electron chi connectivity index (χ1n) is 5.57. The second-order valence-corrected chi connectivity index (χ2v) is 5.88. The zero-order valence-electron chi connectivity index (χ0n) is 9.94. The van der Waals surface area contributed by atoms with Gasteiger partial charge in [0.05, 0.1) is 7.11 Å². The van der Waals surface area contributed by atoms with Crippen LogP contribution in [-0.4, -0.2) is 43.4 Å². The Balaban J connectivity index is 2.33. The number of esters is 1. The average molecular weight is 270 g/mol. The summed E-state index contributed by atoms with van der Waals surface area (Å²) in [5.41, 5.74) is 0. The lowest BCUT2D eigenvalue weighted by molar-refractivity contribution is -0.144. The number of ether oxygens (including phenoxy) is 1. The number of aromatic nitrogens is 1. The van der Waals surface area contributed by atoms with E-state index in [1.54, 1.807) is 6.07 Å². The summed E-state index contributed by atoms with van der Waals surface area (Å²) < 4.78 is 30.5. The van der Waals surface area contributed by atoms with E-state index >= 15 is 0 Å². The number of nitrogens with zero attached hydrogens (tertiary/aromatic N) is 2. The van der Waals surface area contributed by atoms with Crippen molar-refractivity contribution in [1.29, 1.82) is 0 Å². The first kappa shape index (κ1) is 13.0. The Hall–Kier alpha value is -1.47. The van der Waals surface area contributed by atoms with Crippen molar-refractivity contribution < 1.29 is 17.9 Å². The molecule has 1 atom stereocenters. The van der Waals surface area contributed by atoms with Gasteiger partial charge in [-0.1, -0.05) is 0 Å². The highest BCUT2D eigenvalue weighted by atomic mass is 32.2. The summed E-state index contributed by atoms with van der Waals surface area (Å²) in [5, 5.41) is 0. The summed E-state index contributed by atoms with van der Waals surface area (Å²) in [6.45, 7) is 0.330. The van der Waals surface area contributed by atoms with Gasteiger partial charge in [-0.25, -0.2) is 8.42 Å². The zero-order valence-corrected chi connectivity index (χ0v) is 10.8. The average Bonchev–Trinajstić information content (AvgIpc) is 2.89. The molecule has 0 radical (unpaired) electrons. The largest absolute Gasteiger partial charge is 0.468 e. The van der Waals surface area contributed by atoms with Crippen LogP contribution in [0.3, 0.4) is 0 Å². The maximum atomic E-state index is 12.3. The second-order valence-electron chi connectivity index (χ2n) is 3.99. The molecular formula is C11H14N2O4S. The normalized spacial score (nSPS) is 20.8. The Bertz CT molecular complexity index is 529. The molecule has 1 unspecified atom stereocenters. The van der Waals surface area contributed by atoms with Gasteiger partial charge in [0.1, 0.15) is 10.9 Å². The molecule has 0 aromatic carbocycles. The zero-order chi connectivity index (χ0) is 13.2. The van der Waals surface area contributed by atoms with E-state index in [0.29, 0.717) is 19.4 Å². The van der Waals surface area contributed by atoms with E-state index in [2.05, 4.69) is 9.72 Å². The Morgan fingerprint density at radius 2 is 2.33 bits per heavy atom. The molecule has 7 heteroatoms. The highest BCUT2D eigenvalue weighted by molar-refractivity contribution is 7.89. The van der Waals surface area contributed by atoms with Crippen LogP contribution in [0.1, 0.15) is 12.8 Å². The highest BCUT2D eigenvalue weighted by Crippen LogP contribution is 2.26. The summed E-state index contributed by atoms with van der Waals surface area (Å²) in [7, 11) is -2.41. The lowest BCUT2D eigenvalue weighted by atomic mass is 10.2. The Morgan fingerprint density at radius 1 is 1.56 bits per heavy atom. The predicted octanol–water partition coefficient (Wildman–Crippen LogP) is 0.408. The fourth-order valence-electron chi connectivity index (χ4n) is 2.03. The molecule has 98 valence electrons. The van der Waals surface area contributed by atoms with Gasteiger partial charge in [-0.05, 0) is 25.0 Å². The van der Waals surface area contributed by atoms with Gasteiger partial charge in [0, 0.05) is 18.9 Å². The van der Waals surface area contributed by atoms with E-state index < -0.39 is 22.0 Å². The van der Waals surface area contributed by atoms with Crippen molar-refractivity contribution in [2.24, 2.45) is 0 Å². The molecule has 1 fully saturated rings. The molecule has 0 saturated carbocycles. The maximum Gasteiger partial charge on any atom is 0.324 e. The van der Waals surface area contributed by atoms with Gasteiger partial charge in [-0.3, -0.25) is 9.78 Å². The van der Waals surface area contributed by atoms with Crippen LogP contribution >= 0.6 is 0 Å². The Kier molecular flexibility index (Phi) is 3.63. The van der Waals surface area contributed by atoms with Crippen LogP contribution < -0.4 is 0 Å². The summed E-state index contributed by atoms with van der Waals surface area (Å²) in [4.78, 5) is 15.4. The van der Waals surface area contributed by atoms with Crippen LogP contribution in [0.5, 0.6) is 0 Å². The summed E-state index contributed by atoms with van der Waals surface area (Å²) in [6, 6.07) is 2.30. The van der Waals surface area contributed by atoms with Gasteiger partial charge in [-0.2, -0.15) is 4.31 Å². The fourth-order valence-corrected chi connectivity index (χ4v) is 3.65. The van der Waals surface area contributed by atoms with Crippen molar-refractivity contribution in [3.8, 4) is 0 Å². The summed E-state index contributed by atoms with van der Waals surface area (Å²) >= 11 is 0. The quantitative estimate of drug-likeness (QED) is 0.743. The highest BCUT2D eigenvalue weighted by Gasteiger charge is 2.40. The van der Waals surface area contributed by atoms with E-state index in [-0.39, 0.29) is 4.90 Å². The number of carbonyl (C=O) groups is 1. The Labute approximate surface area is 106 Å². The van der Waals surface area contributed by atoms with Crippen LogP contribution in [-0.2, 0) is 19.6 Å². The van der Waals surface area contributed by atoms with E-state index in [0.717, 1.165) is 0 Å². The Morgan fingerprint density at radius 3 is 2.94 bits per heavy atom. The van der Waals surface area contributed by atoms with E-state index in [1.165, 1.54) is 29.9 Å². The van der Waals surface area contributed by atoms with Crippen LogP contribution in [0.2, 0.25) is 0 Å². The molecule has 2 heterocycles. The molecule has 0 aliphatic carbocycles. The number of sulfonamides is 1. The van der Waals surface area contributed by atoms with Gasteiger partial charge in [0.2, 0.25) is 10.0 Å². The molecule has 1 saturated heterocycles. The third-order valence-corrected chi connectivity index (χ3v) is 4.81. The number of hydrogen-bond acceptors (Lipinski definition) is 5. The molecule has 0 bridgehead atoms. The molecule has 0 N–H and O–H groups in total. The van der Waals surface area contributed by atoms with Gasteiger partial charge >= 0.3 is 5.97 Å². The van der Waals surface area contributed by atoms with Crippen molar-refractivity contribution in [1.82, 2.24) is 9.29 Å². The number of rotatable bonds is 3. The van der Waals surface area contributed by atoms with Crippen molar-refractivity contribution in [2.75, 3.05) is 13.7 Å². The fraction of sp³-hybridized carbons (Fsp3) is 0.455.